The summed E-state index contributed by atoms with van der Waals surface area (Å²) in [5.74, 6) is -0.448. The Morgan fingerprint density at radius 1 is 0.615 bits per heavy atom. The molecule has 0 heterocycles. The average molecular weight is 521 g/mol. The van der Waals surface area contributed by atoms with E-state index in [0.29, 0.717) is 55.9 Å². The number of phenolic OH excluding ortho intramolecular Hbond substituents is 1. The number of aryl methyl sites for hydroxylation is 2. The zero-order valence-corrected chi connectivity index (χ0v) is 23.0. The maximum absolute atomic E-state index is 14.3. The van der Waals surface area contributed by atoms with Crippen LogP contribution in [0.15, 0.2) is 58.7 Å². The quantitative estimate of drug-likeness (QED) is 0.547. The lowest BCUT2D eigenvalue weighted by molar-refractivity contribution is -0.123. The van der Waals surface area contributed by atoms with Gasteiger partial charge in [-0.15, -0.1) is 0 Å². The van der Waals surface area contributed by atoms with Gasteiger partial charge in [-0.1, -0.05) is 0 Å². The van der Waals surface area contributed by atoms with E-state index in [1.807, 2.05) is 6.92 Å². The molecule has 6 nitrogen and oxygen atoms in total. The number of ketones is 4. The third-order valence-corrected chi connectivity index (χ3v) is 8.72. The number of allylic oxidation sites excluding steroid dienone is 8. The van der Waals surface area contributed by atoms with Crippen LogP contribution in [0.3, 0.4) is 0 Å². The Hall–Kier alpha value is -4.32. The second-order valence-electron chi connectivity index (χ2n) is 11.8. The van der Waals surface area contributed by atoms with E-state index in [1.165, 1.54) is 18.2 Å². The normalized spacial score (nSPS) is 20.5. The first-order valence-electron chi connectivity index (χ1n) is 12.9. The van der Waals surface area contributed by atoms with Gasteiger partial charge in [-0.05, 0) is 123 Å². The number of carbonyl (C=O) groups is 4. The first kappa shape index (κ1) is 25.0. The molecule has 6 heteroatoms. The molecule has 4 aliphatic rings. The second-order valence-corrected chi connectivity index (χ2v) is 11.8. The van der Waals surface area contributed by atoms with Crippen LogP contribution in [0.5, 0.6) is 11.5 Å². The first-order valence-corrected chi connectivity index (χ1v) is 12.9. The van der Waals surface area contributed by atoms with E-state index < -0.39 is 10.8 Å². The van der Waals surface area contributed by atoms with Crippen LogP contribution >= 0.6 is 0 Å². The number of Topliss-reactive ketones (excluding diaryl/α,β-unsaturated/α-hetero) is 2. The van der Waals surface area contributed by atoms with Crippen LogP contribution in [0.1, 0.15) is 70.7 Å². The summed E-state index contributed by atoms with van der Waals surface area (Å²) in [5, 5.41) is 10.6. The third kappa shape index (κ3) is 3.03. The molecule has 1 N–H and O–H groups in total. The molecule has 4 aliphatic carbocycles. The number of carbonyl (C=O) groups excluding carboxylic acids is 4. The molecule has 0 saturated heterocycles. The fraction of sp³-hybridized carbons (Fsp3) is 0.273. The summed E-state index contributed by atoms with van der Waals surface area (Å²) in [6, 6.07) is 6.64. The minimum Gasteiger partial charge on any atom is -0.508 e. The van der Waals surface area contributed by atoms with Crippen molar-refractivity contribution < 1.29 is 29.0 Å². The van der Waals surface area contributed by atoms with Crippen molar-refractivity contribution in [1.29, 1.82) is 0 Å². The summed E-state index contributed by atoms with van der Waals surface area (Å²) in [5.41, 5.74) is 3.52. The predicted octanol–water partition coefficient (Wildman–Crippen LogP) is 5.69. The molecule has 2 aromatic carbocycles. The lowest BCUT2D eigenvalue weighted by Crippen LogP contribution is -2.26. The molecule has 0 fully saturated rings. The van der Waals surface area contributed by atoms with Crippen LogP contribution in [0.2, 0.25) is 0 Å². The van der Waals surface area contributed by atoms with Gasteiger partial charge in [0.15, 0.2) is 23.1 Å². The average Bonchev–Trinajstić information content (AvgIpc) is 3.18. The van der Waals surface area contributed by atoms with Crippen molar-refractivity contribution in [2.45, 2.75) is 41.5 Å². The molecule has 196 valence electrons. The molecule has 2 aromatic rings. The molecule has 0 aliphatic heterocycles. The molecule has 0 amide bonds. The van der Waals surface area contributed by atoms with E-state index in [9.17, 15) is 24.3 Å². The van der Waals surface area contributed by atoms with Crippen LogP contribution in [-0.4, -0.2) is 35.3 Å². The second kappa shape index (κ2) is 7.63. The van der Waals surface area contributed by atoms with Crippen molar-refractivity contribution >= 4 is 34.3 Å². The number of rotatable bonds is 2. The Kier molecular flexibility index (Phi) is 4.89. The molecule has 0 atom stereocenters. The largest absolute Gasteiger partial charge is 0.508 e. The van der Waals surface area contributed by atoms with Crippen molar-refractivity contribution in [2.24, 2.45) is 10.8 Å². The predicted molar refractivity (Wildman–Crippen MR) is 147 cm³/mol. The van der Waals surface area contributed by atoms with Crippen molar-refractivity contribution in [3.05, 3.63) is 92.1 Å². The maximum atomic E-state index is 14.3. The third-order valence-electron chi connectivity index (χ3n) is 8.72. The van der Waals surface area contributed by atoms with Crippen LogP contribution in [0.25, 0.3) is 11.1 Å². The molecule has 0 bridgehead atoms. The highest BCUT2D eigenvalue weighted by atomic mass is 16.5. The minimum absolute atomic E-state index is 0.00283. The van der Waals surface area contributed by atoms with Crippen molar-refractivity contribution in [3.8, 4) is 11.5 Å². The highest BCUT2D eigenvalue weighted by Gasteiger charge is 2.55. The van der Waals surface area contributed by atoms with Gasteiger partial charge in [0.05, 0.1) is 17.9 Å². The fourth-order valence-electron chi connectivity index (χ4n) is 6.38. The summed E-state index contributed by atoms with van der Waals surface area (Å²) in [6.45, 7) is 10.6. The lowest BCUT2D eigenvalue weighted by atomic mass is 9.77. The highest BCUT2D eigenvalue weighted by molar-refractivity contribution is 6.35. The number of hydrogen-bond donors (Lipinski definition) is 1. The van der Waals surface area contributed by atoms with E-state index in [2.05, 4.69) is 0 Å². The van der Waals surface area contributed by atoms with E-state index in [1.54, 1.807) is 59.9 Å². The summed E-state index contributed by atoms with van der Waals surface area (Å²) in [7, 11) is 1.55. The number of hydrogen-bond acceptors (Lipinski definition) is 6. The highest BCUT2D eigenvalue weighted by Crippen LogP contribution is 2.59. The van der Waals surface area contributed by atoms with Gasteiger partial charge in [0.1, 0.15) is 11.5 Å². The summed E-state index contributed by atoms with van der Waals surface area (Å²) < 4.78 is 5.57. The number of phenols is 1. The van der Waals surface area contributed by atoms with E-state index in [-0.39, 0.29) is 40.0 Å². The van der Waals surface area contributed by atoms with Gasteiger partial charge in [0.25, 0.3) is 0 Å². The number of methoxy groups -OCH3 is 1. The van der Waals surface area contributed by atoms with E-state index in [4.69, 9.17) is 4.74 Å². The van der Waals surface area contributed by atoms with Crippen LogP contribution in [0.4, 0.5) is 0 Å². The Bertz CT molecular complexity index is 1770. The van der Waals surface area contributed by atoms with Gasteiger partial charge < -0.3 is 9.84 Å². The van der Waals surface area contributed by atoms with Crippen molar-refractivity contribution in [2.75, 3.05) is 7.11 Å². The van der Waals surface area contributed by atoms with E-state index in [0.717, 1.165) is 5.56 Å². The number of ether oxygens (including phenoxy) is 1. The minimum atomic E-state index is -1.08. The maximum Gasteiger partial charge on any atom is 0.186 e. The topological polar surface area (TPSA) is 97.7 Å². The zero-order valence-electron chi connectivity index (χ0n) is 23.0. The summed E-state index contributed by atoms with van der Waals surface area (Å²) in [6.07, 6.45) is 2.99. The standard InChI is InChI=1S/C33H28O6/c1-14-8-16-18(10-22(14)34)26-20(12-23(16)35)32(3,4)30(37)28(26)29-27-19-11-25(39-7)15(2)9-17(19)24(36)13-21(27)33(5,6)31(29)38/h8-13,34H,1-7H3. The van der Waals surface area contributed by atoms with Gasteiger partial charge in [-0.25, -0.2) is 0 Å². The molecule has 6 rings (SSSR count). The Morgan fingerprint density at radius 3 is 1.51 bits per heavy atom. The Morgan fingerprint density at radius 2 is 1.05 bits per heavy atom. The Balaban J connectivity index is 1.79. The molecule has 0 unspecified atom stereocenters. The van der Waals surface area contributed by atoms with Gasteiger partial charge in [-0.3, -0.25) is 19.2 Å². The van der Waals surface area contributed by atoms with Crippen LogP contribution < -0.4 is 4.74 Å². The number of aromatic hydroxyl groups is 1. The molecular weight excluding hydrogens is 492 g/mol. The van der Waals surface area contributed by atoms with Gasteiger partial charge in [0.2, 0.25) is 0 Å². The summed E-state index contributed by atoms with van der Waals surface area (Å²) in [4.78, 5) is 55.0. The summed E-state index contributed by atoms with van der Waals surface area (Å²) >= 11 is 0. The Labute approximate surface area is 226 Å². The fourth-order valence-corrected chi connectivity index (χ4v) is 6.38. The zero-order chi connectivity index (χ0) is 28.3. The van der Waals surface area contributed by atoms with Crippen molar-refractivity contribution in [1.82, 2.24) is 0 Å². The van der Waals surface area contributed by atoms with Crippen LogP contribution in [0, 0.1) is 24.7 Å². The monoisotopic (exact) mass is 520 g/mol. The van der Waals surface area contributed by atoms with Gasteiger partial charge >= 0.3 is 0 Å². The van der Waals surface area contributed by atoms with Crippen molar-refractivity contribution in [3.63, 3.8) is 0 Å². The smallest absolute Gasteiger partial charge is 0.186 e. The SMILES string of the molecule is COc1cc2c(cc1C)C(=O)C=C1C2=C(C2=C3C(=CC(=O)c4cc(C)c(O)cc43)C(C)(C)C2=O)C(=O)C1(C)C. The molecule has 0 saturated carbocycles. The van der Waals surface area contributed by atoms with Gasteiger partial charge in [0, 0.05) is 22.3 Å². The number of benzene rings is 2. The molecule has 0 radical (unpaired) electrons. The van der Waals surface area contributed by atoms with Crippen LogP contribution in [-0.2, 0) is 9.59 Å². The molecular formula is C33H28O6. The van der Waals surface area contributed by atoms with E-state index >= 15 is 0 Å². The molecule has 0 aromatic heterocycles. The molecule has 39 heavy (non-hydrogen) atoms. The lowest BCUT2D eigenvalue weighted by Gasteiger charge is -2.25. The van der Waals surface area contributed by atoms with Gasteiger partial charge in [-0.2, -0.15) is 0 Å². The number of fused-ring (bicyclic) bond motifs is 6. The molecule has 0 spiro atoms. The first-order chi connectivity index (χ1) is 18.2.